The fourth-order valence-electron chi connectivity index (χ4n) is 5.31. The average Bonchev–Trinajstić information content (AvgIpc) is 3.16. The molecule has 42 heavy (non-hydrogen) atoms. The van der Waals surface area contributed by atoms with Gasteiger partial charge in [-0.2, -0.15) is 0 Å². The fourth-order valence-corrected chi connectivity index (χ4v) is 5.31. The van der Waals surface area contributed by atoms with Gasteiger partial charge in [0, 0.05) is 22.3 Å². The standard InChI is InChI=1S/C37H46O5/c1-34(2,3)22-13-15-28(24(19-22)30-25-20-23(35(4,5)6)14-16-29(25)42-33(30)40)41-32(39)21-17-26(36(7,8)9)31(38)27(18-21)37(10,11)12/h13-20,30,38H,1-12H3. The lowest BCUT2D eigenvalue weighted by molar-refractivity contribution is -0.133. The molecule has 0 amide bonds. The van der Waals surface area contributed by atoms with Gasteiger partial charge in [-0.25, -0.2) is 4.79 Å². The maximum absolute atomic E-state index is 13.8. The number of carbonyl (C=O) groups excluding carboxylic acids is 2. The van der Waals surface area contributed by atoms with Crippen LogP contribution in [0.1, 0.15) is 133 Å². The molecule has 5 nitrogen and oxygen atoms in total. The van der Waals surface area contributed by atoms with Crippen LogP contribution in [0.2, 0.25) is 0 Å². The van der Waals surface area contributed by atoms with Crippen molar-refractivity contribution < 1.29 is 24.2 Å². The van der Waals surface area contributed by atoms with Crippen LogP contribution < -0.4 is 9.47 Å². The number of ether oxygens (including phenoxy) is 2. The summed E-state index contributed by atoms with van der Waals surface area (Å²) in [4.78, 5) is 27.2. The predicted molar refractivity (Wildman–Crippen MR) is 168 cm³/mol. The van der Waals surface area contributed by atoms with E-state index in [0.29, 0.717) is 33.8 Å². The van der Waals surface area contributed by atoms with E-state index >= 15 is 0 Å². The van der Waals surface area contributed by atoms with Gasteiger partial charge in [0.2, 0.25) is 0 Å². The molecule has 3 aromatic carbocycles. The van der Waals surface area contributed by atoms with E-state index in [2.05, 4.69) is 41.5 Å². The molecule has 0 bridgehead atoms. The van der Waals surface area contributed by atoms with Crippen molar-refractivity contribution in [3.63, 3.8) is 0 Å². The topological polar surface area (TPSA) is 72.8 Å². The van der Waals surface area contributed by atoms with Crippen LogP contribution in [0.5, 0.6) is 17.2 Å². The van der Waals surface area contributed by atoms with Crippen molar-refractivity contribution in [1.82, 2.24) is 0 Å². The van der Waals surface area contributed by atoms with Gasteiger partial charge in [-0.3, -0.25) is 4.79 Å². The van der Waals surface area contributed by atoms with Gasteiger partial charge in [0.1, 0.15) is 23.2 Å². The number of phenolic OH excluding ortho intramolecular Hbond substituents is 1. The summed E-state index contributed by atoms with van der Waals surface area (Å²) in [5.74, 6) is -0.643. The fraction of sp³-hybridized carbons (Fsp3) is 0.459. The summed E-state index contributed by atoms with van der Waals surface area (Å²) in [7, 11) is 0. The lowest BCUT2D eigenvalue weighted by atomic mass is 9.78. The molecule has 1 heterocycles. The highest BCUT2D eigenvalue weighted by atomic mass is 16.5. The summed E-state index contributed by atoms with van der Waals surface area (Å²) in [6.45, 7) is 24.7. The Hall–Kier alpha value is -3.60. The lowest BCUT2D eigenvalue weighted by Gasteiger charge is -2.28. The van der Waals surface area contributed by atoms with Crippen LogP contribution in [0.3, 0.4) is 0 Å². The van der Waals surface area contributed by atoms with Gasteiger partial charge in [-0.05, 0) is 57.1 Å². The molecule has 1 aliphatic heterocycles. The molecule has 1 unspecified atom stereocenters. The van der Waals surface area contributed by atoms with Gasteiger partial charge in [0.25, 0.3) is 0 Å². The minimum atomic E-state index is -0.734. The highest BCUT2D eigenvalue weighted by Crippen LogP contribution is 2.46. The predicted octanol–water partition coefficient (Wildman–Crippen LogP) is 8.85. The van der Waals surface area contributed by atoms with Crippen molar-refractivity contribution in [3.05, 3.63) is 87.5 Å². The van der Waals surface area contributed by atoms with Gasteiger partial charge < -0.3 is 14.6 Å². The highest BCUT2D eigenvalue weighted by Gasteiger charge is 2.38. The second-order valence-corrected chi connectivity index (χ2v) is 15.7. The first-order chi connectivity index (χ1) is 19.1. The van der Waals surface area contributed by atoms with Crippen LogP contribution in [0.15, 0.2) is 48.5 Å². The molecule has 224 valence electrons. The first-order valence-electron chi connectivity index (χ1n) is 14.7. The third-order valence-electron chi connectivity index (χ3n) is 7.98. The zero-order valence-corrected chi connectivity index (χ0v) is 27.3. The van der Waals surface area contributed by atoms with Crippen LogP contribution >= 0.6 is 0 Å². The van der Waals surface area contributed by atoms with E-state index in [0.717, 1.165) is 16.7 Å². The molecule has 5 heteroatoms. The van der Waals surface area contributed by atoms with Gasteiger partial charge >= 0.3 is 11.9 Å². The Morgan fingerprint density at radius 3 is 1.64 bits per heavy atom. The van der Waals surface area contributed by atoms with E-state index in [1.807, 2.05) is 71.9 Å². The molecule has 1 atom stereocenters. The van der Waals surface area contributed by atoms with Crippen molar-refractivity contribution in [3.8, 4) is 17.2 Å². The smallest absolute Gasteiger partial charge is 0.343 e. The molecule has 4 rings (SSSR count). The summed E-state index contributed by atoms with van der Waals surface area (Å²) in [6, 6.07) is 15.0. The van der Waals surface area contributed by atoms with Crippen molar-refractivity contribution >= 4 is 11.9 Å². The molecule has 1 aliphatic rings. The molecule has 0 radical (unpaired) electrons. The Morgan fingerprint density at radius 1 is 0.690 bits per heavy atom. The normalized spacial score (nSPS) is 15.8. The summed E-state index contributed by atoms with van der Waals surface area (Å²) in [5, 5.41) is 11.1. The van der Waals surface area contributed by atoms with Crippen LogP contribution in [-0.4, -0.2) is 17.0 Å². The lowest BCUT2D eigenvalue weighted by Crippen LogP contribution is -2.21. The zero-order valence-electron chi connectivity index (χ0n) is 27.3. The number of hydrogen-bond acceptors (Lipinski definition) is 5. The number of phenols is 1. The Bertz CT molecular complexity index is 1510. The highest BCUT2D eigenvalue weighted by molar-refractivity contribution is 5.94. The molecular formula is C37H46O5. The third-order valence-corrected chi connectivity index (χ3v) is 7.98. The Labute approximate surface area is 251 Å². The molecule has 0 aliphatic carbocycles. The summed E-state index contributed by atoms with van der Waals surface area (Å²) in [6.07, 6.45) is 0. The van der Waals surface area contributed by atoms with Crippen LogP contribution in [0, 0.1) is 0 Å². The van der Waals surface area contributed by atoms with E-state index in [-0.39, 0.29) is 16.6 Å². The summed E-state index contributed by atoms with van der Waals surface area (Å²) >= 11 is 0. The molecule has 0 aromatic heterocycles. The first-order valence-corrected chi connectivity index (χ1v) is 14.7. The molecule has 0 spiro atoms. The summed E-state index contributed by atoms with van der Waals surface area (Å²) in [5.41, 5.74) is 4.03. The second kappa shape index (κ2) is 10.3. The summed E-state index contributed by atoms with van der Waals surface area (Å²) < 4.78 is 11.8. The van der Waals surface area contributed by atoms with E-state index in [1.165, 1.54) is 0 Å². The SMILES string of the molecule is CC(C)(C)c1ccc(OC(=O)c2cc(C(C)(C)C)c(O)c(C(C)(C)C)c2)c(C2C(=O)Oc3ccc(C(C)(C)C)cc32)c1. The van der Waals surface area contributed by atoms with E-state index in [4.69, 9.17) is 9.47 Å². The van der Waals surface area contributed by atoms with E-state index in [1.54, 1.807) is 18.2 Å². The van der Waals surface area contributed by atoms with Gasteiger partial charge in [0.05, 0.1) is 5.56 Å². The number of hydrogen-bond donors (Lipinski definition) is 1. The van der Waals surface area contributed by atoms with Crippen LogP contribution in [0.4, 0.5) is 0 Å². The van der Waals surface area contributed by atoms with E-state index < -0.39 is 28.7 Å². The van der Waals surface area contributed by atoms with E-state index in [9.17, 15) is 14.7 Å². The maximum Gasteiger partial charge on any atom is 0.343 e. The first kappa shape index (κ1) is 31.3. The zero-order chi connectivity index (χ0) is 31.6. The largest absolute Gasteiger partial charge is 0.507 e. The minimum Gasteiger partial charge on any atom is -0.507 e. The minimum absolute atomic E-state index is 0.123. The van der Waals surface area contributed by atoms with Crippen LogP contribution in [0.25, 0.3) is 0 Å². The third kappa shape index (κ3) is 6.11. The Balaban J connectivity index is 1.87. The molecule has 0 saturated heterocycles. The van der Waals surface area contributed by atoms with Crippen LogP contribution in [-0.2, 0) is 26.5 Å². The van der Waals surface area contributed by atoms with Crippen molar-refractivity contribution in [2.24, 2.45) is 0 Å². The Morgan fingerprint density at radius 2 is 1.17 bits per heavy atom. The molecular weight excluding hydrogens is 524 g/mol. The van der Waals surface area contributed by atoms with Crippen molar-refractivity contribution in [2.45, 2.75) is 111 Å². The monoisotopic (exact) mass is 570 g/mol. The number of fused-ring (bicyclic) bond motifs is 1. The number of carbonyl (C=O) groups is 2. The van der Waals surface area contributed by atoms with Crippen molar-refractivity contribution in [2.75, 3.05) is 0 Å². The molecule has 3 aromatic rings. The molecule has 0 fully saturated rings. The van der Waals surface area contributed by atoms with Crippen molar-refractivity contribution in [1.29, 1.82) is 0 Å². The van der Waals surface area contributed by atoms with Gasteiger partial charge in [-0.1, -0.05) is 107 Å². The van der Waals surface area contributed by atoms with Gasteiger partial charge in [-0.15, -0.1) is 0 Å². The number of rotatable bonds is 3. The number of benzene rings is 3. The second-order valence-electron chi connectivity index (χ2n) is 15.7. The number of esters is 2. The Kier molecular flexibility index (Phi) is 7.68. The quantitative estimate of drug-likeness (QED) is 0.252. The molecule has 0 saturated carbocycles. The molecule has 1 N–H and O–H groups in total. The maximum atomic E-state index is 13.8. The number of aromatic hydroxyl groups is 1. The average molecular weight is 571 g/mol. The van der Waals surface area contributed by atoms with Gasteiger partial charge in [0.15, 0.2) is 0 Å².